The third kappa shape index (κ3) is 6.94. The van der Waals surface area contributed by atoms with Gasteiger partial charge in [0.25, 0.3) is 5.91 Å². The van der Waals surface area contributed by atoms with Gasteiger partial charge in [-0.2, -0.15) is 0 Å². The predicted octanol–water partition coefficient (Wildman–Crippen LogP) is 5.42. The Hall–Kier alpha value is -3.61. The molecule has 0 aliphatic carbocycles. The van der Waals surface area contributed by atoms with Crippen LogP contribution in [0.1, 0.15) is 58.2 Å². The van der Waals surface area contributed by atoms with Crippen molar-refractivity contribution in [3.63, 3.8) is 0 Å². The fourth-order valence-corrected chi connectivity index (χ4v) is 3.23. The average Bonchev–Trinajstić information content (AvgIpc) is 3.36. The number of rotatable bonds is 12. The first-order valence-electron chi connectivity index (χ1n) is 12.0. The summed E-state index contributed by atoms with van der Waals surface area (Å²) in [5.74, 6) is -0.306. The molecule has 174 valence electrons. The highest BCUT2D eigenvalue weighted by atomic mass is 16.5. The summed E-state index contributed by atoms with van der Waals surface area (Å²) in [6, 6.07) is 11.6. The molecular formula is C26H30N2O5. The third-order valence-corrected chi connectivity index (χ3v) is 4.99. The van der Waals surface area contributed by atoms with E-state index in [1.165, 1.54) is 17.3 Å². The fraction of sp³-hybridized carbons (Fsp3) is 0.346. The van der Waals surface area contributed by atoms with E-state index in [9.17, 15) is 9.59 Å². The molecule has 0 spiro atoms. The third-order valence-electron chi connectivity index (χ3n) is 4.99. The lowest BCUT2D eigenvalue weighted by molar-refractivity contribution is -0.137. The Morgan fingerprint density at radius 3 is 2.61 bits per heavy atom. The van der Waals surface area contributed by atoms with Gasteiger partial charge in [-0.15, -0.1) is 0 Å². The van der Waals surface area contributed by atoms with E-state index in [2.05, 4.69) is 4.98 Å². The van der Waals surface area contributed by atoms with Gasteiger partial charge in [-0.3, -0.25) is 14.6 Å². The molecule has 1 amide bonds. The van der Waals surface area contributed by atoms with Crippen LogP contribution in [0.5, 0.6) is 5.75 Å². The molecule has 0 aliphatic rings. The van der Waals surface area contributed by atoms with E-state index in [1.54, 1.807) is 56.5 Å². The monoisotopic (exact) mass is 452 g/mol. The summed E-state index contributed by atoms with van der Waals surface area (Å²) in [6.45, 7) is 1.62. The quantitative estimate of drug-likeness (QED) is 0.369. The normalized spacial score (nSPS) is 12.2. The summed E-state index contributed by atoms with van der Waals surface area (Å²) in [6.07, 6.45) is 6.44. The molecule has 0 aliphatic heterocycles. The van der Waals surface area contributed by atoms with Crippen molar-refractivity contribution in [3.8, 4) is 17.1 Å². The minimum Gasteiger partial charge on any atom is -0.493 e. The van der Waals surface area contributed by atoms with Crippen LogP contribution in [0.2, 0.25) is 0 Å². The van der Waals surface area contributed by atoms with Gasteiger partial charge in [0.1, 0.15) is 11.5 Å². The first kappa shape index (κ1) is 21.2. The van der Waals surface area contributed by atoms with Gasteiger partial charge in [-0.1, -0.05) is 12.1 Å². The number of carbonyl (C=O) groups excluding carboxylic acids is 1. The lowest BCUT2D eigenvalue weighted by Gasteiger charge is -2.27. The van der Waals surface area contributed by atoms with Crippen molar-refractivity contribution in [2.45, 2.75) is 52.1 Å². The van der Waals surface area contributed by atoms with Crippen LogP contribution in [0.3, 0.4) is 0 Å². The number of aliphatic carboxylic acids is 1. The average molecular weight is 453 g/mol. The number of furan rings is 1. The second kappa shape index (κ2) is 11.9. The first-order valence-corrected chi connectivity index (χ1v) is 11.0. The van der Waals surface area contributed by atoms with Crippen LogP contribution in [-0.4, -0.2) is 39.5 Å². The summed E-state index contributed by atoms with van der Waals surface area (Å²) in [5, 5.41) is 8.74. The molecule has 33 heavy (non-hydrogen) atoms. The summed E-state index contributed by atoms with van der Waals surface area (Å²) in [5.41, 5.74) is 1.32. The summed E-state index contributed by atoms with van der Waals surface area (Å²) < 4.78 is 29.0. The van der Waals surface area contributed by atoms with Gasteiger partial charge < -0.3 is 19.2 Å². The topological polar surface area (TPSA) is 92.9 Å². The second-order valence-corrected chi connectivity index (χ2v) is 7.86. The molecular weight excluding hydrogens is 420 g/mol. The van der Waals surface area contributed by atoms with Crippen molar-refractivity contribution in [2.24, 2.45) is 0 Å². The molecule has 7 nitrogen and oxygen atoms in total. The highest BCUT2D eigenvalue weighted by Crippen LogP contribution is 2.24. The molecule has 3 rings (SSSR count). The number of pyridine rings is 1. The number of carboxylic acid groups (broad SMARTS) is 1. The van der Waals surface area contributed by atoms with Crippen molar-refractivity contribution >= 4 is 11.9 Å². The lowest BCUT2D eigenvalue weighted by atomic mass is 10.1. The molecule has 7 heteroatoms. The van der Waals surface area contributed by atoms with Crippen LogP contribution in [0.25, 0.3) is 11.3 Å². The summed E-state index contributed by atoms with van der Waals surface area (Å²) in [4.78, 5) is 29.4. The number of benzene rings is 1. The van der Waals surface area contributed by atoms with Crippen LogP contribution >= 0.6 is 0 Å². The zero-order valence-corrected chi connectivity index (χ0v) is 18.9. The maximum absolute atomic E-state index is 13.5. The van der Waals surface area contributed by atoms with Gasteiger partial charge in [0, 0.05) is 41.5 Å². The number of carboxylic acids is 1. The van der Waals surface area contributed by atoms with Crippen LogP contribution in [0.15, 0.2) is 65.5 Å². The Labute approximate surface area is 196 Å². The molecule has 0 fully saturated rings. The van der Waals surface area contributed by atoms with Crippen molar-refractivity contribution in [3.05, 3.63) is 72.2 Å². The largest absolute Gasteiger partial charge is 0.493 e. The molecule has 3 aromatic rings. The number of hydrogen-bond donors (Lipinski definition) is 1. The molecule has 2 aromatic heterocycles. The molecule has 1 aromatic carbocycles. The Balaban J connectivity index is 1.78. The number of aromatic nitrogens is 1. The summed E-state index contributed by atoms with van der Waals surface area (Å²) >= 11 is 0. The number of amides is 1. The molecule has 2 heterocycles. The zero-order chi connectivity index (χ0) is 25.4. The number of ether oxygens (including phenoxy) is 1. The number of unbranched alkanes of at least 4 members (excludes halogenated alkanes) is 2. The summed E-state index contributed by atoms with van der Waals surface area (Å²) in [7, 11) is 0. The van der Waals surface area contributed by atoms with E-state index in [1.807, 2.05) is 6.07 Å². The van der Waals surface area contributed by atoms with Gasteiger partial charge in [0.05, 0.1) is 22.1 Å². The molecule has 0 saturated heterocycles. The predicted molar refractivity (Wildman–Crippen MR) is 125 cm³/mol. The fourth-order valence-electron chi connectivity index (χ4n) is 3.23. The number of nitrogens with zero attached hydrogens (tertiary/aromatic N) is 2. The Morgan fingerprint density at radius 2 is 1.94 bits per heavy atom. The minimum absolute atomic E-state index is 0.108. The Bertz CT molecular complexity index is 1120. The highest BCUT2D eigenvalue weighted by Gasteiger charge is 2.21. The zero-order valence-electron chi connectivity index (χ0n) is 20.9. The van der Waals surface area contributed by atoms with Crippen molar-refractivity contribution < 1.29 is 26.6 Å². The van der Waals surface area contributed by atoms with Crippen molar-refractivity contribution in [1.29, 1.82) is 0 Å². The Morgan fingerprint density at radius 1 is 1.15 bits per heavy atom. The van der Waals surface area contributed by atoms with Gasteiger partial charge in [0.2, 0.25) is 0 Å². The minimum atomic E-state index is -2.20. The van der Waals surface area contributed by atoms with E-state index in [4.69, 9.17) is 17.0 Å². The van der Waals surface area contributed by atoms with E-state index in [-0.39, 0.29) is 12.0 Å². The standard InChI is InChI=1S/C26H30N2O5/c1-19(2)28(26(31)21-11-9-20(10-12-21)23-7-6-16-33-23)18-22-17-27-14-13-24(22)32-15-5-3-4-8-25(29)30/h6-7,9-14,16-17,19H,3-5,8,15,18H2,1-2H3,(H,29,30)/i18D2. The van der Waals surface area contributed by atoms with E-state index < -0.39 is 24.4 Å². The highest BCUT2D eigenvalue weighted by molar-refractivity contribution is 5.94. The SMILES string of the molecule is [2H]C([2H])(c1cnccc1OCCCCCC(=O)O)N(C(=O)c1ccc(-c2ccco2)cc1)C(C)C. The van der Waals surface area contributed by atoms with Gasteiger partial charge >= 0.3 is 5.97 Å². The van der Waals surface area contributed by atoms with Crippen molar-refractivity contribution in [2.75, 3.05) is 6.61 Å². The van der Waals surface area contributed by atoms with Crippen LogP contribution in [0, 0.1) is 0 Å². The molecule has 1 N–H and O–H groups in total. The van der Waals surface area contributed by atoms with Crippen LogP contribution in [0.4, 0.5) is 0 Å². The van der Waals surface area contributed by atoms with Gasteiger partial charge in [0.15, 0.2) is 0 Å². The molecule has 0 saturated carbocycles. The molecule has 0 unspecified atom stereocenters. The van der Waals surface area contributed by atoms with Crippen molar-refractivity contribution in [1.82, 2.24) is 9.88 Å². The molecule has 0 radical (unpaired) electrons. The van der Waals surface area contributed by atoms with Gasteiger partial charge in [-0.25, -0.2) is 0 Å². The first-order chi connectivity index (χ1) is 16.7. The maximum Gasteiger partial charge on any atom is 0.303 e. The molecule has 0 atom stereocenters. The Kier molecular flexibility index (Phi) is 7.63. The lowest BCUT2D eigenvalue weighted by Crippen LogP contribution is -2.36. The van der Waals surface area contributed by atoms with Gasteiger partial charge in [-0.05, 0) is 63.4 Å². The van der Waals surface area contributed by atoms with Crippen LogP contribution < -0.4 is 4.74 Å². The van der Waals surface area contributed by atoms with E-state index in [0.717, 1.165) is 5.56 Å². The number of carbonyl (C=O) groups is 2. The second-order valence-electron chi connectivity index (χ2n) is 7.86. The maximum atomic E-state index is 13.5. The smallest absolute Gasteiger partial charge is 0.303 e. The van der Waals surface area contributed by atoms with Crippen LogP contribution in [-0.2, 0) is 11.3 Å². The van der Waals surface area contributed by atoms with E-state index >= 15 is 0 Å². The molecule has 0 bridgehead atoms. The number of hydrogen-bond acceptors (Lipinski definition) is 5. The van der Waals surface area contributed by atoms with E-state index in [0.29, 0.717) is 42.9 Å².